The highest BCUT2D eigenvalue weighted by Crippen LogP contribution is 2.35. The summed E-state index contributed by atoms with van der Waals surface area (Å²) in [5.41, 5.74) is 1.52. The van der Waals surface area contributed by atoms with E-state index in [4.69, 9.17) is 9.47 Å². The van der Waals surface area contributed by atoms with Crippen molar-refractivity contribution in [2.75, 3.05) is 14.1 Å². The fourth-order valence-corrected chi connectivity index (χ4v) is 6.52. The van der Waals surface area contributed by atoms with Crippen LogP contribution in [0.15, 0.2) is 60.5 Å². The van der Waals surface area contributed by atoms with Crippen LogP contribution in [0.2, 0.25) is 0 Å². The van der Waals surface area contributed by atoms with Crippen molar-refractivity contribution in [2.45, 2.75) is 199 Å². The van der Waals surface area contributed by atoms with Gasteiger partial charge in [-0.25, -0.2) is 0 Å². The van der Waals surface area contributed by atoms with Crippen molar-refractivity contribution in [1.82, 2.24) is 0 Å². The molecule has 0 aromatic heterocycles. The molecule has 3 heteroatoms. The van der Waals surface area contributed by atoms with E-state index in [1.54, 1.807) is 0 Å². The van der Waals surface area contributed by atoms with E-state index in [9.17, 15) is 0 Å². The summed E-state index contributed by atoms with van der Waals surface area (Å²) in [5.74, 6) is 0. The summed E-state index contributed by atoms with van der Waals surface area (Å²) in [7, 11) is 4.51. The summed E-state index contributed by atoms with van der Waals surface area (Å²) in [6, 6.07) is 0. The van der Waals surface area contributed by atoms with Gasteiger partial charge in [0.05, 0.1) is 26.3 Å². The lowest BCUT2D eigenvalue weighted by Gasteiger charge is -2.16. The number of nitrogens with zero attached hydrogens (tertiary/aromatic N) is 1. The summed E-state index contributed by atoms with van der Waals surface area (Å²) in [4.78, 5) is 0. The van der Waals surface area contributed by atoms with E-state index in [-0.39, 0.29) is 6.29 Å². The third-order valence-electron chi connectivity index (χ3n) is 9.73. The van der Waals surface area contributed by atoms with Gasteiger partial charge in [0, 0.05) is 12.8 Å². The maximum absolute atomic E-state index is 6.53. The van der Waals surface area contributed by atoms with Crippen molar-refractivity contribution < 1.29 is 14.0 Å². The average molecular weight is 639 g/mol. The van der Waals surface area contributed by atoms with Crippen molar-refractivity contribution >= 4 is 0 Å². The normalized spacial score (nSPS) is 21.1. The maximum atomic E-state index is 6.53. The Bertz CT molecular complexity index is 812. The molecule has 1 fully saturated rings. The monoisotopic (exact) mass is 639 g/mol. The third-order valence-corrected chi connectivity index (χ3v) is 9.73. The van der Waals surface area contributed by atoms with Crippen molar-refractivity contribution in [3.8, 4) is 0 Å². The Kier molecular flexibility index (Phi) is 24.4. The Balaban J connectivity index is 1.53. The van der Waals surface area contributed by atoms with E-state index in [1.807, 2.05) is 0 Å². The van der Waals surface area contributed by atoms with Gasteiger partial charge in [-0.3, -0.25) is 4.48 Å². The molecule has 0 bridgehead atoms. The van der Waals surface area contributed by atoms with Crippen LogP contribution in [0.1, 0.15) is 181 Å². The molecule has 2 unspecified atom stereocenters. The van der Waals surface area contributed by atoms with Gasteiger partial charge in [0.1, 0.15) is 0 Å². The number of unbranched alkanes of at least 4 members (excludes halogenated alkanes) is 16. The summed E-state index contributed by atoms with van der Waals surface area (Å²) in [6.07, 6.45) is 54.6. The molecule has 3 nitrogen and oxygen atoms in total. The van der Waals surface area contributed by atoms with Crippen molar-refractivity contribution in [3.05, 3.63) is 60.5 Å². The highest BCUT2D eigenvalue weighted by atomic mass is 16.7. The second-order valence-corrected chi connectivity index (χ2v) is 14.5. The second-order valence-electron chi connectivity index (χ2n) is 14.5. The lowest BCUT2D eigenvalue weighted by atomic mass is 9.99. The molecule has 0 amide bonds. The first kappa shape index (κ1) is 40.8. The topological polar surface area (TPSA) is 18.5 Å². The molecular weight excluding hydrogens is 562 g/mol. The molecule has 264 valence electrons. The summed E-state index contributed by atoms with van der Waals surface area (Å²) in [5, 5.41) is 0. The van der Waals surface area contributed by atoms with Crippen LogP contribution in [-0.4, -0.2) is 37.1 Å². The van der Waals surface area contributed by atoms with E-state index in [0.29, 0.717) is 12.2 Å². The van der Waals surface area contributed by atoms with Gasteiger partial charge >= 0.3 is 0 Å². The number of rotatable bonds is 31. The first-order valence-corrected chi connectivity index (χ1v) is 20.0. The standard InChI is InChI=1S/C43H76NO2/c1-5-7-9-11-13-15-17-19-21-23-25-27-29-31-33-35-41-42(46-43(45-41)38-37-40-39-44(40,3)4)36-34-32-30-28-26-24-22-20-18-16-14-12-10-8-6-2/h13-16,19-22,39,41-43H,5-12,17-18,23-38H2,1-4H3/q+1/b15-13-,16-14-,21-19-,22-20-. The van der Waals surface area contributed by atoms with Gasteiger partial charge < -0.3 is 9.47 Å². The van der Waals surface area contributed by atoms with Gasteiger partial charge in [-0.15, -0.1) is 0 Å². The number of quaternary nitrogens is 1. The molecule has 0 radical (unpaired) electrons. The average Bonchev–Trinajstić information content (AvgIpc) is 3.48. The first-order valence-electron chi connectivity index (χ1n) is 20.0. The predicted octanol–water partition coefficient (Wildman–Crippen LogP) is 13.4. The molecule has 2 aliphatic rings. The van der Waals surface area contributed by atoms with Crippen molar-refractivity contribution in [1.29, 1.82) is 0 Å². The Hall–Kier alpha value is -1.42. The summed E-state index contributed by atoms with van der Waals surface area (Å²) in [6.45, 7) is 4.54. The van der Waals surface area contributed by atoms with Crippen LogP contribution in [-0.2, 0) is 9.47 Å². The number of ether oxygens (including phenoxy) is 2. The van der Waals surface area contributed by atoms with Crippen molar-refractivity contribution in [2.24, 2.45) is 0 Å². The zero-order chi connectivity index (χ0) is 33.0. The zero-order valence-corrected chi connectivity index (χ0v) is 31.1. The van der Waals surface area contributed by atoms with Gasteiger partial charge in [-0.05, 0) is 77.0 Å². The molecular formula is C43H76NO2+. The molecule has 0 spiro atoms. The summed E-state index contributed by atoms with van der Waals surface area (Å²) >= 11 is 0. The zero-order valence-electron chi connectivity index (χ0n) is 31.1. The molecule has 2 rings (SSSR count). The summed E-state index contributed by atoms with van der Waals surface area (Å²) < 4.78 is 14.0. The van der Waals surface area contributed by atoms with E-state index in [0.717, 1.165) is 43.0 Å². The largest absolute Gasteiger partial charge is 0.347 e. The minimum atomic E-state index is -0.00699. The molecule has 0 N–H and O–H groups in total. The Morgan fingerprint density at radius 3 is 1.26 bits per heavy atom. The molecule has 46 heavy (non-hydrogen) atoms. The highest BCUT2D eigenvalue weighted by Gasteiger charge is 2.39. The molecule has 2 aliphatic heterocycles. The number of hydrogen-bond acceptors (Lipinski definition) is 2. The SMILES string of the molecule is CCCCC/C=C\C/C=C\CCCCCCCC1OC(CCC2=C[N+]2(C)C)OC1CCCCCCC/C=C\C/C=C\CCCCC. The van der Waals surface area contributed by atoms with Crippen LogP contribution in [0, 0.1) is 0 Å². The smallest absolute Gasteiger partial charge is 0.167 e. The molecule has 2 heterocycles. The molecule has 0 aromatic rings. The van der Waals surface area contributed by atoms with Crippen LogP contribution in [0.25, 0.3) is 0 Å². The van der Waals surface area contributed by atoms with E-state index in [2.05, 4.69) is 82.8 Å². The lowest BCUT2D eigenvalue weighted by molar-refractivity contribution is -0.732. The van der Waals surface area contributed by atoms with Crippen LogP contribution < -0.4 is 0 Å². The van der Waals surface area contributed by atoms with E-state index < -0.39 is 0 Å². The lowest BCUT2D eigenvalue weighted by Crippen LogP contribution is -2.22. The molecule has 1 saturated heterocycles. The van der Waals surface area contributed by atoms with Gasteiger partial charge in [-0.2, -0.15) is 0 Å². The maximum Gasteiger partial charge on any atom is 0.167 e. The van der Waals surface area contributed by atoms with Gasteiger partial charge in [0.25, 0.3) is 0 Å². The minimum Gasteiger partial charge on any atom is -0.347 e. The molecule has 2 atom stereocenters. The minimum absolute atomic E-state index is 0.00699. The predicted molar refractivity (Wildman–Crippen MR) is 202 cm³/mol. The van der Waals surface area contributed by atoms with Gasteiger partial charge in [0.15, 0.2) is 18.2 Å². The second kappa shape index (κ2) is 27.5. The van der Waals surface area contributed by atoms with E-state index >= 15 is 0 Å². The fraction of sp³-hybridized carbons (Fsp3) is 0.767. The number of allylic oxidation sites excluding steroid dienone is 9. The third kappa shape index (κ3) is 21.5. The van der Waals surface area contributed by atoms with Crippen LogP contribution in [0.4, 0.5) is 0 Å². The molecule has 0 aromatic carbocycles. The Labute approximate surface area is 287 Å². The van der Waals surface area contributed by atoms with Gasteiger partial charge in [-0.1, -0.05) is 140 Å². The van der Waals surface area contributed by atoms with Crippen LogP contribution >= 0.6 is 0 Å². The Morgan fingerprint density at radius 1 is 0.500 bits per heavy atom. The fourth-order valence-electron chi connectivity index (χ4n) is 6.52. The Morgan fingerprint density at radius 2 is 0.870 bits per heavy atom. The van der Waals surface area contributed by atoms with E-state index in [1.165, 1.54) is 134 Å². The van der Waals surface area contributed by atoms with Crippen LogP contribution in [0.3, 0.4) is 0 Å². The highest BCUT2D eigenvalue weighted by molar-refractivity contribution is 5.03. The number of hydrogen-bond donors (Lipinski definition) is 0. The van der Waals surface area contributed by atoms with Gasteiger partial charge in [0.2, 0.25) is 0 Å². The first-order chi connectivity index (χ1) is 22.6. The molecule has 0 saturated carbocycles. The quantitative estimate of drug-likeness (QED) is 0.0427. The van der Waals surface area contributed by atoms with Crippen molar-refractivity contribution in [3.63, 3.8) is 0 Å². The van der Waals surface area contributed by atoms with Crippen LogP contribution in [0.5, 0.6) is 0 Å². The molecule has 0 aliphatic carbocycles.